The van der Waals surface area contributed by atoms with Gasteiger partial charge in [-0.25, -0.2) is 0 Å². The van der Waals surface area contributed by atoms with Crippen molar-refractivity contribution in [2.24, 2.45) is 0 Å². The van der Waals surface area contributed by atoms with E-state index in [1.807, 2.05) is 29.8 Å². The Morgan fingerprint density at radius 3 is 3.06 bits per heavy atom. The van der Waals surface area contributed by atoms with Crippen LogP contribution in [0.25, 0.3) is 10.9 Å². The van der Waals surface area contributed by atoms with E-state index in [0.717, 1.165) is 22.2 Å². The summed E-state index contributed by atoms with van der Waals surface area (Å²) in [5.74, 6) is 0.483. The summed E-state index contributed by atoms with van der Waals surface area (Å²) in [6.45, 7) is 1.90. The first-order valence-corrected chi connectivity index (χ1v) is 5.74. The molecule has 1 aromatic carbocycles. The van der Waals surface area contributed by atoms with Crippen molar-refractivity contribution in [1.29, 1.82) is 0 Å². The Morgan fingerprint density at radius 1 is 1.50 bits per heavy atom. The van der Waals surface area contributed by atoms with E-state index >= 15 is 0 Å². The SMILES string of the molecule is C[C@H]1C(=O)Nc2cc(CCl)cc3ccn1c23. The molecule has 16 heavy (non-hydrogen) atoms. The lowest BCUT2D eigenvalue weighted by Gasteiger charge is -2.23. The van der Waals surface area contributed by atoms with Gasteiger partial charge in [-0.15, -0.1) is 11.6 Å². The standard InChI is InChI=1S/C12H11ClN2O/c1-7-12(16)14-10-5-8(6-13)4-9-2-3-15(7)11(9)10/h2-5,7H,6H2,1H3,(H,14,16)/t7-/m0/s1. The smallest absolute Gasteiger partial charge is 0.247 e. The van der Waals surface area contributed by atoms with Crippen molar-refractivity contribution in [2.45, 2.75) is 18.8 Å². The van der Waals surface area contributed by atoms with E-state index in [1.165, 1.54) is 0 Å². The highest BCUT2D eigenvalue weighted by Gasteiger charge is 2.24. The highest BCUT2D eigenvalue weighted by atomic mass is 35.5. The third-order valence-electron chi connectivity index (χ3n) is 3.08. The first kappa shape index (κ1) is 9.73. The van der Waals surface area contributed by atoms with Gasteiger partial charge >= 0.3 is 0 Å². The molecule has 3 nitrogen and oxygen atoms in total. The molecule has 82 valence electrons. The summed E-state index contributed by atoms with van der Waals surface area (Å²) < 4.78 is 2.00. The minimum Gasteiger partial charge on any atom is -0.334 e. The first-order valence-electron chi connectivity index (χ1n) is 5.21. The monoisotopic (exact) mass is 234 g/mol. The lowest BCUT2D eigenvalue weighted by molar-refractivity contribution is -0.118. The van der Waals surface area contributed by atoms with Gasteiger partial charge in [-0.05, 0) is 30.7 Å². The number of carbonyl (C=O) groups is 1. The number of halogens is 1. The molecule has 0 radical (unpaired) electrons. The number of anilines is 1. The minimum absolute atomic E-state index is 0.0247. The van der Waals surface area contributed by atoms with Crippen molar-refractivity contribution in [1.82, 2.24) is 4.57 Å². The maximum absolute atomic E-state index is 11.7. The van der Waals surface area contributed by atoms with E-state index in [-0.39, 0.29) is 11.9 Å². The van der Waals surface area contributed by atoms with Crippen molar-refractivity contribution in [3.05, 3.63) is 30.0 Å². The van der Waals surface area contributed by atoms with Crippen LogP contribution < -0.4 is 5.32 Å². The molecule has 3 rings (SSSR count). The molecule has 0 spiro atoms. The van der Waals surface area contributed by atoms with Crippen LogP contribution in [0.1, 0.15) is 18.5 Å². The van der Waals surface area contributed by atoms with E-state index < -0.39 is 0 Å². The third-order valence-corrected chi connectivity index (χ3v) is 3.39. The van der Waals surface area contributed by atoms with Crippen LogP contribution in [0.15, 0.2) is 24.4 Å². The fraction of sp³-hybridized carbons (Fsp3) is 0.250. The molecule has 0 saturated heterocycles. The Morgan fingerprint density at radius 2 is 2.31 bits per heavy atom. The molecule has 2 aromatic rings. The van der Waals surface area contributed by atoms with Crippen molar-refractivity contribution >= 4 is 34.1 Å². The Hall–Kier alpha value is -1.48. The second kappa shape index (κ2) is 3.25. The molecule has 0 unspecified atom stereocenters. The van der Waals surface area contributed by atoms with Gasteiger partial charge in [0.05, 0.1) is 11.2 Å². The number of aromatic nitrogens is 1. The third kappa shape index (κ3) is 1.18. The summed E-state index contributed by atoms with van der Waals surface area (Å²) in [5, 5.41) is 4.04. The summed E-state index contributed by atoms with van der Waals surface area (Å²) in [6.07, 6.45) is 1.95. The van der Waals surface area contributed by atoms with Crippen LogP contribution in [-0.2, 0) is 10.7 Å². The molecule has 1 aliphatic heterocycles. The van der Waals surface area contributed by atoms with Gasteiger partial charge in [0.1, 0.15) is 6.04 Å². The van der Waals surface area contributed by atoms with E-state index in [4.69, 9.17) is 11.6 Å². The molecule has 1 aliphatic rings. The average molecular weight is 235 g/mol. The van der Waals surface area contributed by atoms with Gasteiger partial charge in [0.15, 0.2) is 0 Å². The molecule has 1 atom stereocenters. The molecule has 0 bridgehead atoms. The maximum atomic E-state index is 11.7. The molecule has 1 amide bonds. The lowest BCUT2D eigenvalue weighted by Crippen LogP contribution is -2.27. The highest BCUT2D eigenvalue weighted by molar-refractivity contribution is 6.17. The fourth-order valence-corrected chi connectivity index (χ4v) is 2.38. The van der Waals surface area contributed by atoms with Gasteiger partial charge in [0.25, 0.3) is 0 Å². The van der Waals surface area contributed by atoms with Crippen molar-refractivity contribution in [3.63, 3.8) is 0 Å². The van der Waals surface area contributed by atoms with E-state index in [2.05, 4.69) is 11.4 Å². The number of nitrogens with one attached hydrogen (secondary N) is 1. The van der Waals surface area contributed by atoms with E-state index in [9.17, 15) is 4.79 Å². The predicted octanol–water partition coefficient (Wildman–Crippen LogP) is 2.89. The lowest BCUT2D eigenvalue weighted by atomic mass is 10.1. The average Bonchev–Trinajstić information content (AvgIpc) is 2.70. The number of nitrogens with zero attached hydrogens (tertiary/aromatic N) is 1. The molecule has 0 aliphatic carbocycles. The highest BCUT2D eigenvalue weighted by Crippen LogP contribution is 2.33. The zero-order valence-corrected chi connectivity index (χ0v) is 9.58. The fourth-order valence-electron chi connectivity index (χ4n) is 2.23. The molecular formula is C12H11ClN2O. The van der Waals surface area contributed by atoms with Crippen LogP contribution in [0, 0.1) is 0 Å². The molecule has 2 heterocycles. The second-order valence-corrected chi connectivity index (χ2v) is 4.37. The van der Waals surface area contributed by atoms with Gasteiger partial charge in [0, 0.05) is 17.5 Å². The zero-order valence-electron chi connectivity index (χ0n) is 8.83. The normalized spacial score (nSPS) is 18.9. The largest absolute Gasteiger partial charge is 0.334 e. The number of alkyl halides is 1. The Bertz CT molecular complexity index is 588. The Labute approximate surface area is 98.0 Å². The Kier molecular flexibility index (Phi) is 1.98. The number of benzene rings is 1. The van der Waals surface area contributed by atoms with Crippen molar-refractivity contribution in [2.75, 3.05) is 5.32 Å². The number of amides is 1. The number of hydrogen-bond acceptors (Lipinski definition) is 1. The maximum Gasteiger partial charge on any atom is 0.247 e. The summed E-state index contributed by atoms with van der Waals surface area (Å²) >= 11 is 5.83. The van der Waals surface area contributed by atoms with Crippen LogP contribution in [0.2, 0.25) is 0 Å². The van der Waals surface area contributed by atoms with Crippen LogP contribution in [-0.4, -0.2) is 10.5 Å². The van der Waals surface area contributed by atoms with Crippen molar-refractivity contribution < 1.29 is 4.79 Å². The number of carbonyl (C=O) groups excluding carboxylic acids is 1. The van der Waals surface area contributed by atoms with Gasteiger partial charge in [0.2, 0.25) is 5.91 Å². The number of hydrogen-bond donors (Lipinski definition) is 1. The summed E-state index contributed by atoms with van der Waals surface area (Å²) in [5.41, 5.74) is 2.97. The van der Waals surface area contributed by atoms with E-state index in [0.29, 0.717) is 5.88 Å². The van der Waals surface area contributed by atoms with E-state index in [1.54, 1.807) is 0 Å². The van der Waals surface area contributed by atoms with Gasteiger partial charge in [-0.2, -0.15) is 0 Å². The Balaban J connectivity index is 2.35. The van der Waals surface area contributed by atoms with Gasteiger partial charge in [-0.1, -0.05) is 0 Å². The molecule has 0 fully saturated rings. The summed E-state index contributed by atoms with van der Waals surface area (Å²) in [7, 11) is 0. The molecular weight excluding hydrogens is 224 g/mol. The molecule has 0 saturated carbocycles. The minimum atomic E-state index is -0.146. The van der Waals surface area contributed by atoms with Crippen LogP contribution in [0.3, 0.4) is 0 Å². The first-order chi connectivity index (χ1) is 7.70. The second-order valence-electron chi connectivity index (χ2n) is 4.10. The summed E-state index contributed by atoms with van der Waals surface area (Å²) in [4.78, 5) is 11.7. The quantitative estimate of drug-likeness (QED) is 0.757. The van der Waals surface area contributed by atoms with Crippen LogP contribution in [0.4, 0.5) is 5.69 Å². The molecule has 1 aromatic heterocycles. The van der Waals surface area contributed by atoms with Gasteiger partial charge in [-0.3, -0.25) is 4.79 Å². The topological polar surface area (TPSA) is 34.0 Å². The van der Waals surface area contributed by atoms with Gasteiger partial charge < -0.3 is 9.88 Å². The molecule has 1 N–H and O–H groups in total. The van der Waals surface area contributed by atoms with Crippen LogP contribution in [0.5, 0.6) is 0 Å². The predicted molar refractivity (Wildman–Crippen MR) is 64.8 cm³/mol. The number of rotatable bonds is 1. The van der Waals surface area contributed by atoms with Crippen LogP contribution >= 0.6 is 11.6 Å². The summed E-state index contributed by atoms with van der Waals surface area (Å²) in [6, 6.07) is 5.88. The zero-order chi connectivity index (χ0) is 11.3. The van der Waals surface area contributed by atoms with Crippen molar-refractivity contribution in [3.8, 4) is 0 Å². The molecule has 4 heteroatoms.